The molecule has 1 fully saturated rings. The van der Waals surface area contributed by atoms with Gasteiger partial charge in [0, 0.05) is 16.7 Å². The van der Waals surface area contributed by atoms with Crippen LogP contribution in [0.4, 0.5) is 5.13 Å². The molecule has 1 unspecified atom stereocenters. The van der Waals surface area contributed by atoms with Crippen LogP contribution in [-0.2, 0) is 14.4 Å². The SMILES string of the molecule is NC(=O)c1ncsc1SCC1=C(C(=O)O)N2C(=O)C[C@H]2SC1NC(=O)/C(=N\O)c1csc(N)n1. The van der Waals surface area contributed by atoms with Gasteiger partial charge in [0.15, 0.2) is 16.5 Å². The maximum absolute atomic E-state index is 12.9. The van der Waals surface area contributed by atoms with Crippen LogP contribution in [0.3, 0.4) is 0 Å². The van der Waals surface area contributed by atoms with Crippen LogP contribution >= 0.6 is 46.2 Å². The Bertz CT molecular complexity index is 1250. The van der Waals surface area contributed by atoms with Crippen LogP contribution in [0.1, 0.15) is 22.6 Å². The molecule has 1 saturated heterocycles. The van der Waals surface area contributed by atoms with E-state index in [-0.39, 0.29) is 45.9 Å². The summed E-state index contributed by atoms with van der Waals surface area (Å²) < 4.78 is 0.465. The molecule has 2 aliphatic heterocycles. The summed E-state index contributed by atoms with van der Waals surface area (Å²) in [4.78, 5) is 57.8. The fourth-order valence-corrected chi connectivity index (χ4v) is 7.29. The molecule has 2 atom stereocenters. The number of aromatic nitrogens is 2. The summed E-state index contributed by atoms with van der Waals surface area (Å²) in [7, 11) is 0. The number of primary amides is 1. The van der Waals surface area contributed by atoms with E-state index in [1.807, 2.05) is 0 Å². The Kier molecular flexibility index (Phi) is 6.78. The van der Waals surface area contributed by atoms with Gasteiger partial charge in [0.2, 0.25) is 5.91 Å². The highest BCUT2D eigenvalue weighted by atomic mass is 32.2. The van der Waals surface area contributed by atoms with Crippen molar-refractivity contribution >= 4 is 80.7 Å². The zero-order chi connectivity index (χ0) is 24.6. The third-order valence-corrected chi connectivity index (χ3v) is 8.94. The molecular formula is C17H15N7O6S4. The predicted octanol–water partition coefficient (Wildman–Crippen LogP) is 0.338. The van der Waals surface area contributed by atoms with E-state index in [1.54, 1.807) is 0 Å². The molecule has 0 radical (unpaired) electrons. The number of carboxylic acids is 1. The first kappa shape index (κ1) is 24.0. The lowest BCUT2D eigenvalue weighted by Crippen LogP contribution is -2.58. The standard InChI is InChI=1S/C17H15N7O6S4/c18-12(26)10-16(33-4-20-10)31-2-5-11(15(28)29)24-7(25)1-8(24)34-14(5)22-13(27)9(23-30)6-3-32-17(19)21-6/h3-4,8,14,30H,1-2H2,(H2,18,26)(H2,19,21)(H,22,27)(H,28,29)/b23-9-/t8-,14?/m1/s1. The second kappa shape index (κ2) is 9.61. The number of fused-ring (bicyclic) bond motifs is 1. The summed E-state index contributed by atoms with van der Waals surface area (Å²) in [6.07, 6.45) is 0.110. The first-order valence-electron chi connectivity index (χ1n) is 9.25. The second-order valence-corrected chi connectivity index (χ2v) is 11.0. The summed E-state index contributed by atoms with van der Waals surface area (Å²) in [5.41, 5.74) is 12.0. The fourth-order valence-electron chi connectivity index (χ4n) is 3.23. The molecular weight excluding hydrogens is 526 g/mol. The van der Waals surface area contributed by atoms with Crippen molar-refractivity contribution in [2.45, 2.75) is 21.4 Å². The number of carboxylic acid groups (broad SMARTS) is 1. The van der Waals surface area contributed by atoms with Crippen LogP contribution in [-0.4, -0.2) is 71.1 Å². The Morgan fingerprint density at radius 2 is 2.12 bits per heavy atom. The molecule has 13 nitrogen and oxygen atoms in total. The van der Waals surface area contributed by atoms with Gasteiger partial charge in [0.05, 0.1) is 21.5 Å². The van der Waals surface area contributed by atoms with E-state index in [4.69, 9.17) is 11.5 Å². The first-order valence-corrected chi connectivity index (χ1v) is 12.9. The number of nitrogens with zero attached hydrogens (tertiary/aromatic N) is 4. The summed E-state index contributed by atoms with van der Waals surface area (Å²) in [6, 6.07) is 0. The average Bonchev–Trinajstić information content (AvgIpc) is 3.41. The predicted molar refractivity (Wildman–Crippen MR) is 126 cm³/mol. The number of aliphatic carboxylic acids is 1. The van der Waals surface area contributed by atoms with Crippen LogP contribution in [0, 0.1) is 0 Å². The largest absolute Gasteiger partial charge is 0.477 e. The Morgan fingerprint density at radius 1 is 1.35 bits per heavy atom. The molecule has 0 bridgehead atoms. The third-order valence-electron chi connectivity index (χ3n) is 4.73. The molecule has 7 N–H and O–H groups in total. The number of hydrogen-bond donors (Lipinski definition) is 5. The van der Waals surface area contributed by atoms with Gasteiger partial charge in [-0.2, -0.15) is 0 Å². The smallest absolute Gasteiger partial charge is 0.352 e. The maximum atomic E-state index is 12.9. The van der Waals surface area contributed by atoms with Crippen molar-refractivity contribution in [1.82, 2.24) is 20.2 Å². The Hall–Kier alpha value is -3.15. The molecule has 2 aliphatic rings. The van der Waals surface area contributed by atoms with Gasteiger partial charge in [-0.1, -0.05) is 5.16 Å². The van der Waals surface area contributed by atoms with E-state index < -0.39 is 34.2 Å². The summed E-state index contributed by atoms with van der Waals surface area (Å²) >= 11 is 4.48. The van der Waals surface area contributed by atoms with Gasteiger partial charge in [0.1, 0.15) is 16.8 Å². The molecule has 0 saturated carbocycles. The molecule has 3 amide bonds. The zero-order valence-corrected chi connectivity index (χ0v) is 20.1. The maximum Gasteiger partial charge on any atom is 0.352 e. The summed E-state index contributed by atoms with van der Waals surface area (Å²) in [5.74, 6) is -3.23. The van der Waals surface area contributed by atoms with E-state index in [9.17, 15) is 29.5 Å². The highest BCUT2D eigenvalue weighted by molar-refractivity contribution is 8.02. The molecule has 4 rings (SSSR count). The number of carbonyl (C=O) groups is 4. The van der Waals surface area contributed by atoms with Crippen LogP contribution in [0.5, 0.6) is 0 Å². The number of thiazole rings is 2. The number of thioether (sulfide) groups is 2. The van der Waals surface area contributed by atoms with E-state index in [0.717, 1.165) is 34.4 Å². The molecule has 17 heteroatoms. The molecule has 34 heavy (non-hydrogen) atoms. The van der Waals surface area contributed by atoms with Gasteiger partial charge in [-0.25, -0.2) is 14.8 Å². The van der Waals surface area contributed by atoms with Gasteiger partial charge in [-0.05, 0) is 0 Å². The quantitative estimate of drug-likeness (QED) is 0.101. The lowest BCUT2D eigenvalue weighted by molar-refractivity contribution is -0.146. The van der Waals surface area contributed by atoms with Gasteiger partial charge >= 0.3 is 5.97 Å². The minimum Gasteiger partial charge on any atom is -0.477 e. The number of carbonyl (C=O) groups excluding carboxylic acids is 3. The summed E-state index contributed by atoms with van der Waals surface area (Å²) in [6.45, 7) is 0. The van der Waals surface area contributed by atoms with Crippen LogP contribution < -0.4 is 16.8 Å². The number of nitrogens with two attached hydrogens (primary N) is 2. The summed E-state index contributed by atoms with van der Waals surface area (Å²) in [5, 5.41) is 25.2. The minimum atomic E-state index is -1.34. The highest BCUT2D eigenvalue weighted by Gasteiger charge is 2.49. The number of nitrogens with one attached hydrogen (secondary N) is 1. The molecule has 2 aromatic heterocycles. The number of oxime groups is 1. The Balaban J connectivity index is 1.65. The van der Waals surface area contributed by atoms with Crippen molar-refractivity contribution in [2.24, 2.45) is 10.9 Å². The normalized spacial score (nSPS) is 20.1. The van der Waals surface area contributed by atoms with E-state index in [0.29, 0.717) is 4.21 Å². The molecule has 0 spiro atoms. The van der Waals surface area contributed by atoms with Gasteiger partial charge < -0.3 is 27.1 Å². The highest BCUT2D eigenvalue weighted by Crippen LogP contribution is 2.45. The van der Waals surface area contributed by atoms with Crippen molar-refractivity contribution in [3.8, 4) is 0 Å². The number of β-lactam (4-membered cyclic amide) rings is 1. The molecule has 0 aromatic carbocycles. The Morgan fingerprint density at radius 3 is 2.71 bits per heavy atom. The fraction of sp³-hybridized carbons (Fsp3) is 0.235. The molecule has 4 heterocycles. The molecule has 178 valence electrons. The van der Waals surface area contributed by atoms with Crippen LogP contribution in [0.15, 0.2) is 31.5 Å². The van der Waals surface area contributed by atoms with Crippen molar-refractivity contribution in [3.05, 3.63) is 33.5 Å². The van der Waals surface area contributed by atoms with E-state index >= 15 is 0 Å². The van der Waals surface area contributed by atoms with Gasteiger partial charge in [0.25, 0.3) is 11.8 Å². The third kappa shape index (κ3) is 4.46. The van der Waals surface area contributed by atoms with Crippen molar-refractivity contribution < 1.29 is 29.5 Å². The van der Waals surface area contributed by atoms with E-state index in [2.05, 4.69) is 20.4 Å². The second-order valence-electron chi connectivity index (χ2n) is 6.75. The monoisotopic (exact) mass is 541 g/mol. The Labute approximate surface area is 207 Å². The topological polar surface area (TPSA) is 214 Å². The van der Waals surface area contributed by atoms with Crippen molar-refractivity contribution in [2.75, 3.05) is 11.5 Å². The lowest BCUT2D eigenvalue weighted by Gasteiger charge is -2.46. The number of nitrogen functional groups attached to an aromatic ring is 1. The van der Waals surface area contributed by atoms with Gasteiger partial charge in [-0.15, -0.1) is 46.2 Å². The molecule has 2 aromatic rings. The number of anilines is 1. The number of rotatable bonds is 8. The number of hydrogen-bond acceptors (Lipinski definition) is 13. The minimum absolute atomic E-state index is 0.00774. The average molecular weight is 542 g/mol. The lowest BCUT2D eigenvalue weighted by atomic mass is 10.1. The van der Waals surface area contributed by atoms with Crippen molar-refractivity contribution in [1.29, 1.82) is 0 Å². The molecule has 0 aliphatic carbocycles. The van der Waals surface area contributed by atoms with Crippen LogP contribution in [0.2, 0.25) is 0 Å². The van der Waals surface area contributed by atoms with Crippen LogP contribution in [0.25, 0.3) is 0 Å². The first-order chi connectivity index (χ1) is 16.2. The van der Waals surface area contributed by atoms with Gasteiger partial charge in [-0.3, -0.25) is 19.3 Å². The van der Waals surface area contributed by atoms with E-state index in [1.165, 1.54) is 27.6 Å². The zero-order valence-electron chi connectivity index (χ0n) is 16.8. The number of amides is 3. The van der Waals surface area contributed by atoms with Crippen molar-refractivity contribution in [3.63, 3.8) is 0 Å².